The molecule has 0 radical (unpaired) electrons. The molecule has 0 bridgehead atoms. The van der Waals surface area contributed by atoms with Crippen LogP contribution in [0.5, 0.6) is 22.4 Å². The molecule has 180 valence electrons. The highest BCUT2D eigenvalue weighted by molar-refractivity contribution is 7.18. The smallest absolute Gasteiger partial charge is 0.294 e. The second-order valence-electron chi connectivity index (χ2n) is 8.09. The van der Waals surface area contributed by atoms with Crippen LogP contribution < -0.4 is 14.2 Å². The third kappa shape index (κ3) is 4.32. The predicted octanol–water partition coefficient (Wildman–Crippen LogP) is 6.08. The van der Waals surface area contributed by atoms with E-state index in [9.17, 15) is 5.11 Å². The number of nitrogens with zero attached hydrogens (tertiary/aromatic N) is 3. The zero-order chi connectivity index (χ0) is 24.5. The Kier molecular flexibility index (Phi) is 5.67. The van der Waals surface area contributed by atoms with Crippen LogP contribution in [-0.2, 0) is 13.2 Å². The summed E-state index contributed by atoms with van der Waals surface area (Å²) in [5.41, 5.74) is 3.21. The molecule has 3 aromatic heterocycles. The van der Waals surface area contributed by atoms with Crippen molar-refractivity contribution in [3.05, 3.63) is 90.1 Å². The van der Waals surface area contributed by atoms with Gasteiger partial charge in [0.05, 0.1) is 18.7 Å². The highest BCUT2D eigenvalue weighted by atomic mass is 32.1. The van der Waals surface area contributed by atoms with Gasteiger partial charge in [0.25, 0.3) is 5.19 Å². The molecule has 0 unspecified atom stereocenters. The van der Waals surface area contributed by atoms with Crippen LogP contribution in [0.15, 0.2) is 83.4 Å². The molecule has 1 N–H and O–H groups in total. The van der Waals surface area contributed by atoms with Gasteiger partial charge in [0.1, 0.15) is 41.7 Å². The minimum atomic E-state index is 0.0482. The quantitative estimate of drug-likeness (QED) is 0.271. The number of methoxy groups -OCH3 is 1. The third-order valence-electron chi connectivity index (χ3n) is 5.62. The van der Waals surface area contributed by atoms with Crippen molar-refractivity contribution < 1.29 is 23.7 Å². The van der Waals surface area contributed by atoms with Gasteiger partial charge < -0.3 is 23.7 Å². The summed E-state index contributed by atoms with van der Waals surface area (Å²) in [5, 5.41) is 15.9. The molecule has 0 saturated carbocycles. The maximum atomic E-state index is 10.3. The monoisotopic (exact) mass is 499 g/mol. The van der Waals surface area contributed by atoms with Crippen molar-refractivity contribution in [1.29, 1.82) is 0 Å². The Morgan fingerprint density at radius 3 is 2.64 bits per heavy atom. The number of fused-ring (bicyclic) bond motifs is 2. The summed E-state index contributed by atoms with van der Waals surface area (Å²) in [6, 6.07) is 22.8. The molecule has 6 rings (SSSR count). The third-order valence-corrected chi connectivity index (χ3v) is 6.50. The fourth-order valence-corrected chi connectivity index (χ4v) is 4.58. The summed E-state index contributed by atoms with van der Waals surface area (Å²) in [4.78, 5) is 5.07. The number of furan rings is 1. The number of rotatable bonds is 8. The fraction of sp³-hybridized carbons (Fsp3) is 0.111. The van der Waals surface area contributed by atoms with Crippen LogP contribution in [0, 0.1) is 0 Å². The van der Waals surface area contributed by atoms with E-state index in [1.807, 2.05) is 60.7 Å². The molecule has 0 aliphatic rings. The summed E-state index contributed by atoms with van der Waals surface area (Å²) < 4.78 is 25.0. The Hall–Kier alpha value is -4.50. The molecule has 0 aliphatic heterocycles. The maximum absolute atomic E-state index is 10.3. The largest absolute Gasteiger partial charge is 0.508 e. The van der Waals surface area contributed by atoms with E-state index < -0.39 is 0 Å². The number of hydrogen-bond acceptors (Lipinski definition) is 8. The molecule has 0 fully saturated rings. The van der Waals surface area contributed by atoms with Gasteiger partial charge in [-0.05, 0) is 40.7 Å². The second-order valence-corrected chi connectivity index (χ2v) is 9.01. The van der Waals surface area contributed by atoms with Crippen LogP contribution in [-0.4, -0.2) is 26.8 Å². The predicted molar refractivity (Wildman–Crippen MR) is 136 cm³/mol. The van der Waals surface area contributed by atoms with E-state index in [1.54, 1.807) is 30.0 Å². The Bertz CT molecular complexity index is 1650. The lowest BCUT2D eigenvalue weighted by Gasteiger charge is -2.10. The molecule has 0 saturated heterocycles. The van der Waals surface area contributed by atoms with Gasteiger partial charge in [0.15, 0.2) is 5.76 Å². The molecular formula is C27H21N3O5S. The zero-order valence-corrected chi connectivity index (χ0v) is 20.1. The topological polar surface area (TPSA) is 91.3 Å². The molecular weight excluding hydrogens is 478 g/mol. The van der Waals surface area contributed by atoms with Crippen molar-refractivity contribution in [3.8, 4) is 33.9 Å². The molecule has 0 spiro atoms. The molecule has 36 heavy (non-hydrogen) atoms. The Morgan fingerprint density at radius 2 is 1.78 bits per heavy atom. The van der Waals surface area contributed by atoms with Gasteiger partial charge in [0, 0.05) is 12.1 Å². The van der Waals surface area contributed by atoms with Crippen molar-refractivity contribution in [2.75, 3.05) is 7.11 Å². The molecule has 8 nitrogen and oxygen atoms in total. The molecule has 3 heterocycles. The zero-order valence-electron chi connectivity index (χ0n) is 19.2. The first-order valence-electron chi connectivity index (χ1n) is 11.2. The minimum Gasteiger partial charge on any atom is -0.508 e. The van der Waals surface area contributed by atoms with Crippen molar-refractivity contribution >= 4 is 27.3 Å². The number of aromatic hydroxyl groups is 1. The SMILES string of the molecule is COc1nn2c(-c3cc4c(OCc5cccc(OCc6ccccc6)c5)cc(O)cc4o3)cnc2s1. The summed E-state index contributed by atoms with van der Waals surface area (Å²) in [6.07, 6.45) is 1.69. The van der Waals surface area contributed by atoms with E-state index in [0.29, 0.717) is 46.2 Å². The molecule has 0 aliphatic carbocycles. The number of ether oxygens (including phenoxy) is 3. The normalized spacial score (nSPS) is 11.2. The number of phenols is 1. The van der Waals surface area contributed by atoms with Crippen LogP contribution in [0.2, 0.25) is 0 Å². The van der Waals surface area contributed by atoms with E-state index in [-0.39, 0.29) is 5.75 Å². The van der Waals surface area contributed by atoms with Crippen LogP contribution in [0.3, 0.4) is 0 Å². The summed E-state index contributed by atoms with van der Waals surface area (Å²) in [7, 11) is 1.57. The number of hydrogen-bond donors (Lipinski definition) is 1. The van der Waals surface area contributed by atoms with Gasteiger partial charge in [-0.25, -0.2) is 4.98 Å². The highest BCUT2D eigenvalue weighted by Crippen LogP contribution is 2.37. The first-order valence-corrected chi connectivity index (χ1v) is 12.0. The van der Waals surface area contributed by atoms with Crippen LogP contribution in [0.1, 0.15) is 11.1 Å². The Morgan fingerprint density at radius 1 is 0.944 bits per heavy atom. The lowest BCUT2D eigenvalue weighted by Crippen LogP contribution is -1.98. The van der Waals surface area contributed by atoms with Gasteiger partial charge in [-0.3, -0.25) is 0 Å². The van der Waals surface area contributed by atoms with Gasteiger partial charge in [0.2, 0.25) is 4.96 Å². The average molecular weight is 500 g/mol. The molecule has 0 amide bonds. The van der Waals surface area contributed by atoms with Crippen molar-refractivity contribution in [2.45, 2.75) is 13.2 Å². The highest BCUT2D eigenvalue weighted by Gasteiger charge is 2.18. The van der Waals surface area contributed by atoms with E-state index in [0.717, 1.165) is 22.3 Å². The Labute approximate surface area is 209 Å². The fourth-order valence-electron chi connectivity index (χ4n) is 3.89. The van der Waals surface area contributed by atoms with Crippen molar-refractivity contribution in [1.82, 2.24) is 14.6 Å². The number of aromatic nitrogens is 3. The molecule has 9 heteroatoms. The van der Waals surface area contributed by atoms with E-state index >= 15 is 0 Å². The van der Waals surface area contributed by atoms with Crippen molar-refractivity contribution in [3.63, 3.8) is 0 Å². The number of benzene rings is 3. The van der Waals surface area contributed by atoms with Gasteiger partial charge in [-0.1, -0.05) is 42.5 Å². The lowest BCUT2D eigenvalue weighted by molar-refractivity contribution is 0.297. The standard InChI is InChI=1S/C27H21N3O5S/c1-32-27-29-30-22(14-28-26(30)36-27)25-13-21-23(11-19(31)12-24(21)35-25)34-16-18-8-5-9-20(10-18)33-15-17-6-3-2-4-7-17/h2-14,31H,15-16H2,1H3. The molecule has 3 aromatic carbocycles. The van der Waals surface area contributed by atoms with E-state index in [4.69, 9.17) is 18.6 Å². The first-order chi connectivity index (χ1) is 17.7. The average Bonchev–Trinajstić information content (AvgIpc) is 3.61. The van der Waals surface area contributed by atoms with Crippen molar-refractivity contribution in [2.24, 2.45) is 0 Å². The molecule has 6 aromatic rings. The van der Waals surface area contributed by atoms with E-state index in [1.165, 1.54) is 11.3 Å². The number of imidazole rings is 1. The Balaban J connectivity index is 1.23. The van der Waals surface area contributed by atoms with Gasteiger partial charge in [-0.2, -0.15) is 4.52 Å². The summed E-state index contributed by atoms with van der Waals surface area (Å²) in [6.45, 7) is 0.782. The summed E-state index contributed by atoms with van der Waals surface area (Å²) >= 11 is 1.34. The second kappa shape index (κ2) is 9.27. The number of phenolic OH excluding ortho intramolecular Hbond substituents is 1. The molecule has 0 atom stereocenters. The first kappa shape index (κ1) is 22.0. The van der Waals surface area contributed by atoms with E-state index in [2.05, 4.69) is 10.1 Å². The van der Waals surface area contributed by atoms with Crippen LogP contribution >= 0.6 is 11.3 Å². The lowest BCUT2D eigenvalue weighted by atomic mass is 10.2. The summed E-state index contributed by atoms with van der Waals surface area (Å²) in [5.74, 6) is 1.87. The minimum absolute atomic E-state index is 0.0482. The van der Waals surface area contributed by atoms with Gasteiger partial charge >= 0.3 is 0 Å². The van der Waals surface area contributed by atoms with Crippen LogP contribution in [0.25, 0.3) is 27.4 Å². The van der Waals surface area contributed by atoms with Crippen LogP contribution in [0.4, 0.5) is 0 Å². The maximum Gasteiger partial charge on any atom is 0.294 e. The van der Waals surface area contributed by atoms with Gasteiger partial charge in [-0.15, -0.1) is 5.10 Å².